The molecule has 3 aromatic carbocycles. The highest BCUT2D eigenvalue weighted by molar-refractivity contribution is 7.90. The molecule has 0 spiro atoms. The number of benzene rings is 3. The van der Waals surface area contributed by atoms with Crippen molar-refractivity contribution in [3.05, 3.63) is 92.4 Å². The van der Waals surface area contributed by atoms with E-state index in [2.05, 4.69) is 4.72 Å². The fourth-order valence-electron chi connectivity index (χ4n) is 6.03. The minimum atomic E-state index is -4.08. The van der Waals surface area contributed by atoms with Gasteiger partial charge in [-0.15, -0.1) is 0 Å². The molecule has 2 aliphatic rings. The maximum Gasteiger partial charge on any atom is 0.326 e. The van der Waals surface area contributed by atoms with E-state index in [1.807, 2.05) is 29.2 Å². The molecule has 2 aliphatic heterocycles. The number of halogens is 3. The fourth-order valence-corrected chi connectivity index (χ4v) is 8.67. The van der Waals surface area contributed by atoms with Gasteiger partial charge in [-0.1, -0.05) is 59.1 Å². The number of carbonyl (C=O) groups excluding carboxylic acids is 1. The van der Waals surface area contributed by atoms with Gasteiger partial charge in [-0.3, -0.25) is 14.8 Å². The zero-order chi connectivity index (χ0) is 36.4. The van der Waals surface area contributed by atoms with Crippen LogP contribution in [0.15, 0.2) is 70.6 Å². The zero-order valence-electron chi connectivity index (χ0n) is 28.1. The SMILES string of the molecule is CCOc1cc(Cl)c(S(=O)(=O)NC(C)C)cc1C1=N[C@@H](c2ccc(Cl)cc2)[C@@H](c2ccc(Cl)cc2)N1C(=O)N1CCN(CCS(C)(=O)=O)CC1. The molecule has 0 bridgehead atoms. The van der Waals surface area contributed by atoms with Gasteiger partial charge in [-0.05, 0) is 62.2 Å². The molecule has 0 aromatic heterocycles. The second-order valence-electron chi connectivity index (χ2n) is 12.5. The third kappa shape index (κ3) is 8.93. The summed E-state index contributed by atoms with van der Waals surface area (Å²) in [5, 5.41) is 1.00. The molecule has 0 aliphatic carbocycles. The van der Waals surface area contributed by atoms with Crippen LogP contribution >= 0.6 is 34.8 Å². The highest BCUT2D eigenvalue weighted by atomic mass is 35.5. The van der Waals surface area contributed by atoms with Crippen LogP contribution in [0.2, 0.25) is 15.1 Å². The van der Waals surface area contributed by atoms with Crippen LogP contribution in [0.25, 0.3) is 0 Å². The van der Waals surface area contributed by atoms with E-state index in [0.717, 1.165) is 11.1 Å². The summed E-state index contributed by atoms with van der Waals surface area (Å²) in [6.07, 6.45) is 1.21. The Morgan fingerprint density at radius 1 is 0.920 bits per heavy atom. The normalized spacial score (nSPS) is 18.8. The number of urea groups is 1. The predicted molar refractivity (Wildman–Crippen MR) is 198 cm³/mol. The Kier molecular flexibility index (Phi) is 12.1. The number of hydrogen-bond donors (Lipinski definition) is 1. The first kappa shape index (κ1) is 38.3. The molecular formula is C34H40Cl3N5O6S2. The van der Waals surface area contributed by atoms with E-state index in [1.54, 1.807) is 54.8 Å². The fraction of sp³-hybridized carbons (Fsp3) is 0.412. The Labute approximate surface area is 309 Å². The van der Waals surface area contributed by atoms with E-state index in [4.69, 9.17) is 44.5 Å². The quantitative estimate of drug-likeness (QED) is 0.251. The van der Waals surface area contributed by atoms with Crippen molar-refractivity contribution in [1.82, 2.24) is 19.4 Å². The molecule has 0 saturated carbocycles. The van der Waals surface area contributed by atoms with Crippen molar-refractivity contribution < 1.29 is 26.4 Å². The lowest BCUT2D eigenvalue weighted by atomic mass is 9.93. The number of sulfonamides is 1. The Balaban J connectivity index is 1.67. The lowest BCUT2D eigenvalue weighted by Crippen LogP contribution is -2.54. The molecule has 11 nitrogen and oxygen atoms in total. The molecule has 1 saturated heterocycles. The summed E-state index contributed by atoms with van der Waals surface area (Å²) in [5.41, 5.74) is 1.79. The smallest absolute Gasteiger partial charge is 0.326 e. The molecule has 2 atom stereocenters. The van der Waals surface area contributed by atoms with Crippen LogP contribution in [-0.2, 0) is 19.9 Å². The summed E-state index contributed by atoms with van der Waals surface area (Å²) >= 11 is 19.2. The van der Waals surface area contributed by atoms with E-state index in [0.29, 0.717) is 42.8 Å². The first-order valence-electron chi connectivity index (χ1n) is 16.1. The van der Waals surface area contributed by atoms with E-state index in [1.165, 1.54) is 18.4 Å². The van der Waals surface area contributed by atoms with Gasteiger partial charge in [0.25, 0.3) is 0 Å². The minimum absolute atomic E-state index is 0.0268. The molecule has 2 heterocycles. The largest absolute Gasteiger partial charge is 0.493 e. The van der Waals surface area contributed by atoms with E-state index in [9.17, 15) is 21.6 Å². The summed E-state index contributed by atoms with van der Waals surface area (Å²) in [7, 11) is -7.23. The average Bonchev–Trinajstić information content (AvgIpc) is 3.44. The Bertz CT molecular complexity index is 1950. The number of rotatable bonds is 11. The van der Waals surface area contributed by atoms with Gasteiger partial charge >= 0.3 is 6.03 Å². The van der Waals surface area contributed by atoms with Gasteiger partial charge < -0.3 is 9.64 Å². The number of nitrogens with one attached hydrogen (secondary N) is 1. The number of hydrogen-bond acceptors (Lipinski definition) is 8. The Hall–Kier alpha value is -2.91. The third-order valence-electron chi connectivity index (χ3n) is 8.37. The van der Waals surface area contributed by atoms with Gasteiger partial charge in [0.15, 0.2) is 0 Å². The van der Waals surface area contributed by atoms with Gasteiger partial charge in [0.2, 0.25) is 10.0 Å². The molecule has 2 amide bonds. The van der Waals surface area contributed by atoms with Gasteiger partial charge in [0.1, 0.15) is 32.4 Å². The van der Waals surface area contributed by atoms with Crippen LogP contribution in [0, 0.1) is 0 Å². The number of amidine groups is 1. The topological polar surface area (TPSA) is 129 Å². The number of ether oxygens (including phenoxy) is 1. The number of piperazine rings is 1. The van der Waals surface area contributed by atoms with Crippen LogP contribution in [0.4, 0.5) is 4.79 Å². The van der Waals surface area contributed by atoms with Crippen LogP contribution < -0.4 is 9.46 Å². The number of nitrogens with zero attached hydrogens (tertiary/aromatic N) is 4. The number of carbonyl (C=O) groups is 1. The summed E-state index contributed by atoms with van der Waals surface area (Å²) < 4.78 is 59.2. The van der Waals surface area contributed by atoms with E-state index < -0.39 is 38.0 Å². The highest BCUT2D eigenvalue weighted by Crippen LogP contribution is 2.46. The average molecular weight is 785 g/mol. The molecule has 1 fully saturated rings. The van der Waals surface area contributed by atoms with Crippen molar-refractivity contribution >= 4 is 66.5 Å². The van der Waals surface area contributed by atoms with Crippen molar-refractivity contribution in [2.24, 2.45) is 4.99 Å². The van der Waals surface area contributed by atoms with Gasteiger partial charge in [0.05, 0.1) is 29.0 Å². The summed E-state index contributed by atoms with van der Waals surface area (Å²) in [5.74, 6) is 0.490. The molecule has 16 heteroatoms. The van der Waals surface area contributed by atoms with Gasteiger partial charge in [-0.25, -0.2) is 26.4 Å². The molecular weight excluding hydrogens is 745 g/mol. The molecule has 50 heavy (non-hydrogen) atoms. The van der Waals surface area contributed by atoms with Crippen molar-refractivity contribution in [3.63, 3.8) is 0 Å². The zero-order valence-corrected chi connectivity index (χ0v) is 32.0. The summed E-state index contributed by atoms with van der Waals surface area (Å²) in [4.78, 5) is 25.2. The third-order valence-corrected chi connectivity index (χ3v) is 11.9. The van der Waals surface area contributed by atoms with Crippen LogP contribution in [0.3, 0.4) is 0 Å². The van der Waals surface area contributed by atoms with Crippen molar-refractivity contribution in [2.75, 3.05) is 51.3 Å². The number of sulfone groups is 1. The van der Waals surface area contributed by atoms with Crippen LogP contribution in [0.1, 0.15) is 49.5 Å². The molecule has 3 aromatic rings. The van der Waals surface area contributed by atoms with Crippen molar-refractivity contribution in [1.29, 1.82) is 0 Å². The van der Waals surface area contributed by atoms with Crippen LogP contribution in [-0.4, -0.2) is 101 Å². The lowest BCUT2D eigenvalue weighted by molar-refractivity contribution is 0.122. The first-order chi connectivity index (χ1) is 23.6. The van der Waals surface area contributed by atoms with Crippen molar-refractivity contribution in [2.45, 2.75) is 43.8 Å². The van der Waals surface area contributed by atoms with E-state index in [-0.39, 0.29) is 45.5 Å². The molecule has 270 valence electrons. The molecule has 0 unspecified atom stereocenters. The van der Waals surface area contributed by atoms with Crippen LogP contribution in [0.5, 0.6) is 5.75 Å². The Morgan fingerprint density at radius 3 is 2.04 bits per heavy atom. The minimum Gasteiger partial charge on any atom is -0.493 e. The number of aliphatic imine (C=N–C) groups is 1. The summed E-state index contributed by atoms with van der Waals surface area (Å²) in [6.45, 7) is 7.42. The predicted octanol–water partition coefficient (Wildman–Crippen LogP) is 6.06. The molecule has 1 N–H and O–H groups in total. The molecule has 5 rings (SSSR count). The lowest BCUT2D eigenvalue weighted by Gasteiger charge is -2.39. The first-order valence-corrected chi connectivity index (χ1v) is 20.8. The second-order valence-corrected chi connectivity index (χ2v) is 17.8. The summed E-state index contributed by atoms with van der Waals surface area (Å²) in [6, 6.07) is 15.1. The molecule has 0 radical (unpaired) electrons. The number of amides is 2. The van der Waals surface area contributed by atoms with E-state index >= 15 is 0 Å². The van der Waals surface area contributed by atoms with Gasteiger partial charge in [-0.2, -0.15) is 0 Å². The maximum atomic E-state index is 14.9. The highest BCUT2D eigenvalue weighted by Gasteiger charge is 2.45. The van der Waals surface area contributed by atoms with Gasteiger partial charge in [0, 0.05) is 61.1 Å². The second kappa shape index (κ2) is 15.8. The standard InChI is InChI=1S/C34H40Cl3N5O6S2/c1-5-48-29-21-28(37)30(50(46,47)39-22(2)3)20-27(29)33-38-31(23-6-10-25(35)11-7-23)32(24-8-12-26(36)13-9-24)42(33)34(43)41-16-14-40(15-17-41)18-19-49(4,44)45/h6-13,20-22,31-32,39H,5,14-19H2,1-4H3/t31-,32+/m0/s1. The Morgan fingerprint density at radius 2 is 1.50 bits per heavy atom. The maximum absolute atomic E-state index is 14.9. The van der Waals surface area contributed by atoms with Crippen molar-refractivity contribution in [3.8, 4) is 5.75 Å². The monoisotopic (exact) mass is 783 g/mol.